The number of carbonyl (C=O) groups is 1. The number of anilines is 1. The summed E-state index contributed by atoms with van der Waals surface area (Å²) in [6, 6.07) is 24.0. The van der Waals surface area contributed by atoms with Gasteiger partial charge in [0.1, 0.15) is 17.1 Å². The molecule has 194 valence electrons. The van der Waals surface area contributed by atoms with Gasteiger partial charge in [-0.3, -0.25) is 4.79 Å². The van der Waals surface area contributed by atoms with Crippen LogP contribution in [0.25, 0.3) is 16.8 Å². The highest BCUT2D eigenvalue weighted by molar-refractivity contribution is 6.07. The normalized spacial score (nSPS) is 18.7. The zero-order valence-corrected chi connectivity index (χ0v) is 21.7. The van der Waals surface area contributed by atoms with Crippen LogP contribution in [0.2, 0.25) is 0 Å². The Hall–Kier alpha value is -3.98. The predicted molar refractivity (Wildman–Crippen MR) is 145 cm³/mol. The average Bonchev–Trinajstić information content (AvgIpc) is 3.32. The fraction of sp³-hybridized carbons (Fsp3) is 0.267. The first-order chi connectivity index (χ1) is 18.6. The molecule has 8 nitrogen and oxygen atoms in total. The lowest BCUT2D eigenvalue weighted by molar-refractivity contribution is -0.384. The molecule has 0 aliphatic carbocycles. The van der Waals surface area contributed by atoms with E-state index in [9.17, 15) is 4.79 Å². The number of ether oxygens (including phenoxy) is 3. The second-order valence-corrected chi connectivity index (χ2v) is 9.44. The second kappa shape index (κ2) is 10.1. The molecular formula is C30H30N4O4. The molecule has 0 spiro atoms. The Labute approximate surface area is 221 Å². The first kappa shape index (κ1) is 24.4. The summed E-state index contributed by atoms with van der Waals surface area (Å²) in [5, 5.41) is 8.04. The van der Waals surface area contributed by atoms with Gasteiger partial charge in [0.05, 0.1) is 12.8 Å². The summed E-state index contributed by atoms with van der Waals surface area (Å²) >= 11 is 0. The van der Waals surface area contributed by atoms with E-state index in [0.717, 1.165) is 34.8 Å². The first-order valence-electron chi connectivity index (χ1n) is 12.8. The maximum absolute atomic E-state index is 14.0. The molecule has 3 heterocycles. The van der Waals surface area contributed by atoms with Crippen LogP contribution >= 0.6 is 0 Å². The minimum Gasteiger partial charge on any atom is -0.497 e. The van der Waals surface area contributed by atoms with E-state index in [1.165, 1.54) is 11.1 Å². The number of hydrogen-bond donors (Lipinski definition) is 1. The fourth-order valence-corrected chi connectivity index (χ4v) is 5.19. The highest BCUT2D eigenvalue weighted by Crippen LogP contribution is 2.38. The molecule has 0 saturated carbocycles. The topological polar surface area (TPSA) is 77.8 Å². The maximum Gasteiger partial charge on any atom is 0.277 e. The summed E-state index contributed by atoms with van der Waals surface area (Å²) in [6.07, 6.45) is -0.194. The SMILES string of the molecule is CNCc1ccccc1-c1ccc(N2CCc3c(C4OC(C)O4)nn(-c4ccc(OC)cc4)c3C2=O)cc1. The van der Waals surface area contributed by atoms with Crippen molar-refractivity contribution in [1.29, 1.82) is 0 Å². The lowest BCUT2D eigenvalue weighted by atomic mass is 9.98. The summed E-state index contributed by atoms with van der Waals surface area (Å²) in [5.41, 5.74) is 7.21. The van der Waals surface area contributed by atoms with Crippen LogP contribution in [0, 0.1) is 0 Å². The molecule has 0 unspecified atom stereocenters. The van der Waals surface area contributed by atoms with Crippen molar-refractivity contribution in [2.45, 2.75) is 32.5 Å². The van der Waals surface area contributed by atoms with Crippen LogP contribution in [0.5, 0.6) is 5.75 Å². The molecule has 1 saturated heterocycles. The maximum atomic E-state index is 14.0. The van der Waals surface area contributed by atoms with Gasteiger partial charge in [-0.2, -0.15) is 5.10 Å². The van der Waals surface area contributed by atoms with Gasteiger partial charge in [-0.25, -0.2) is 4.68 Å². The van der Waals surface area contributed by atoms with Crippen LogP contribution < -0.4 is 15.0 Å². The van der Waals surface area contributed by atoms with Gasteiger partial charge >= 0.3 is 0 Å². The summed E-state index contributed by atoms with van der Waals surface area (Å²) in [7, 11) is 3.57. The van der Waals surface area contributed by atoms with Gasteiger partial charge < -0.3 is 24.4 Å². The monoisotopic (exact) mass is 510 g/mol. The van der Waals surface area contributed by atoms with Crippen molar-refractivity contribution in [3.8, 4) is 22.6 Å². The standard InChI is InChI=1S/C30H30N4O4/c1-19-37-30(38-19)27-26-16-17-33(29(35)28(26)34(32-27)23-12-14-24(36-3)15-13-23)22-10-8-20(9-11-22)25-7-5-4-6-21(25)18-31-2/h4-15,19,30-31H,16-18H2,1-3H3. The van der Waals surface area contributed by atoms with E-state index < -0.39 is 6.29 Å². The number of nitrogens with zero attached hydrogens (tertiary/aromatic N) is 3. The minimum absolute atomic E-state index is 0.100. The van der Waals surface area contributed by atoms with Crippen molar-refractivity contribution in [3.05, 3.63) is 95.3 Å². The molecule has 1 amide bonds. The van der Waals surface area contributed by atoms with Gasteiger partial charge in [0.15, 0.2) is 6.29 Å². The number of benzene rings is 3. The van der Waals surface area contributed by atoms with Crippen molar-refractivity contribution >= 4 is 11.6 Å². The Morgan fingerprint density at radius 3 is 2.39 bits per heavy atom. The van der Waals surface area contributed by atoms with Crippen LogP contribution in [0.4, 0.5) is 5.69 Å². The number of fused-ring (bicyclic) bond motifs is 1. The van der Waals surface area contributed by atoms with E-state index in [0.29, 0.717) is 24.4 Å². The summed E-state index contributed by atoms with van der Waals surface area (Å²) in [5.74, 6) is 0.635. The average molecular weight is 511 g/mol. The Morgan fingerprint density at radius 1 is 1.00 bits per heavy atom. The predicted octanol–water partition coefficient (Wildman–Crippen LogP) is 4.86. The highest BCUT2D eigenvalue weighted by atomic mass is 16.9. The van der Waals surface area contributed by atoms with E-state index >= 15 is 0 Å². The van der Waals surface area contributed by atoms with Crippen molar-refractivity contribution in [3.63, 3.8) is 0 Å². The fourth-order valence-electron chi connectivity index (χ4n) is 5.19. The molecule has 0 atom stereocenters. The molecule has 38 heavy (non-hydrogen) atoms. The molecule has 0 bridgehead atoms. The number of rotatable bonds is 7. The molecule has 6 rings (SSSR count). The number of carbonyl (C=O) groups excluding carboxylic acids is 1. The molecule has 2 aliphatic heterocycles. The molecule has 1 N–H and O–H groups in total. The molecular weight excluding hydrogens is 480 g/mol. The zero-order chi connectivity index (χ0) is 26.2. The third kappa shape index (κ3) is 4.26. The van der Waals surface area contributed by atoms with Gasteiger partial charge in [-0.05, 0) is 73.5 Å². The van der Waals surface area contributed by atoms with E-state index in [1.807, 2.05) is 61.3 Å². The molecule has 1 aromatic heterocycles. The van der Waals surface area contributed by atoms with Gasteiger partial charge in [0, 0.05) is 24.3 Å². The van der Waals surface area contributed by atoms with Crippen molar-refractivity contribution < 1.29 is 19.0 Å². The Morgan fingerprint density at radius 2 is 1.71 bits per heavy atom. The van der Waals surface area contributed by atoms with E-state index in [-0.39, 0.29) is 12.2 Å². The Bertz CT molecular complexity index is 1460. The largest absolute Gasteiger partial charge is 0.497 e. The molecule has 0 radical (unpaired) electrons. The molecule has 8 heteroatoms. The van der Waals surface area contributed by atoms with Crippen LogP contribution in [0.1, 0.15) is 40.5 Å². The van der Waals surface area contributed by atoms with Crippen LogP contribution in [0.15, 0.2) is 72.8 Å². The number of aromatic nitrogens is 2. The second-order valence-electron chi connectivity index (χ2n) is 9.44. The van der Waals surface area contributed by atoms with Gasteiger partial charge in [0.2, 0.25) is 6.29 Å². The minimum atomic E-state index is -0.561. The summed E-state index contributed by atoms with van der Waals surface area (Å²) in [6.45, 7) is 3.18. The van der Waals surface area contributed by atoms with E-state index in [2.05, 4.69) is 35.6 Å². The van der Waals surface area contributed by atoms with E-state index in [1.54, 1.807) is 11.8 Å². The number of amides is 1. The lowest BCUT2D eigenvalue weighted by Crippen LogP contribution is -2.39. The Kier molecular flexibility index (Phi) is 6.45. The van der Waals surface area contributed by atoms with Gasteiger partial charge in [-0.15, -0.1) is 0 Å². The van der Waals surface area contributed by atoms with Crippen LogP contribution in [-0.4, -0.2) is 42.7 Å². The molecule has 3 aromatic carbocycles. The van der Waals surface area contributed by atoms with E-state index in [4.69, 9.17) is 19.3 Å². The summed E-state index contributed by atoms with van der Waals surface area (Å²) in [4.78, 5) is 15.8. The highest BCUT2D eigenvalue weighted by Gasteiger charge is 2.39. The third-order valence-corrected chi connectivity index (χ3v) is 7.09. The first-order valence-corrected chi connectivity index (χ1v) is 12.8. The quantitative estimate of drug-likeness (QED) is 0.383. The molecule has 2 aliphatic rings. The molecule has 1 fully saturated rings. The van der Waals surface area contributed by atoms with Crippen LogP contribution in [-0.2, 0) is 22.4 Å². The van der Waals surface area contributed by atoms with Crippen molar-refractivity contribution in [2.24, 2.45) is 0 Å². The zero-order valence-electron chi connectivity index (χ0n) is 21.7. The lowest BCUT2D eigenvalue weighted by Gasteiger charge is -2.34. The van der Waals surface area contributed by atoms with Gasteiger partial charge in [0.25, 0.3) is 5.91 Å². The number of nitrogens with one attached hydrogen (secondary N) is 1. The van der Waals surface area contributed by atoms with Crippen molar-refractivity contribution in [2.75, 3.05) is 25.6 Å². The van der Waals surface area contributed by atoms with Gasteiger partial charge in [-0.1, -0.05) is 36.4 Å². The van der Waals surface area contributed by atoms with Crippen molar-refractivity contribution in [1.82, 2.24) is 15.1 Å². The summed E-state index contributed by atoms with van der Waals surface area (Å²) < 4.78 is 18.5. The number of hydrogen-bond acceptors (Lipinski definition) is 6. The molecule has 4 aromatic rings. The number of methoxy groups -OCH3 is 1. The van der Waals surface area contributed by atoms with Crippen LogP contribution in [0.3, 0.4) is 0 Å². The smallest absolute Gasteiger partial charge is 0.277 e. The Balaban J connectivity index is 1.35. The third-order valence-electron chi connectivity index (χ3n) is 7.09.